The highest BCUT2D eigenvalue weighted by Gasteiger charge is 2.24. The van der Waals surface area contributed by atoms with E-state index in [0.29, 0.717) is 40.4 Å². The van der Waals surface area contributed by atoms with Crippen LogP contribution >= 0.6 is 11.6 Å². The SMILES string of the molecule is COc1ccc(-c2nc(-c3ncoc3C)n(CC(C)(C)CO)n2)cc1Cl. The molecule has 0 saturated carbocycles. The highest BCUT2D eigenvalue weighted by atomic mass is 35.5. The van der Waals surface area contributed by atoms with Gasteiger partial charge >= 0.3 is 0 Å². The zero-order valence-corrected chi connectivity index (χ0v) is 15.9. The smallest absolute Gasteiger partial charge is 0.181 e. The Morgan fingerprint density at radius 1 is 1.35 bits per heavy atom. The van der Waals surface area contributed by atoms with Gasteiger partial charge in [0.2, 0.25) is 0 Å². The number of ether oxygens (including phenoxy) is 1. The number of halogens is 1. The molecule has 0 atom stereocenters. The van der Waals surface area contributed by atoms with Crippen LogP contribution in [0, 0.1) is 12.3 Å². The van der Waals surface area contributed by atoms with Gasteiger partial charge in [-0.1, -0.05) is 25.4 Å². The number of aliphatic hydroxyl groups excluding tert-OH is 1. The summed E-state index contributed by atoms with van der Waals surface area (Å²) in [6.07, 6.45) is 1.38. The number of hydrogen-bond acceptors (Lipinski definition) is 6. The standard InChI is InChI=1S/C18H21ClN4O3/c1-11-15(20-10-26-11)17-21-16(22-23(17)8-18(2,3)9-24)12-5-6-14(25-4)13(19)7-12/h5-7,10,24H,8-9H2,1-4H3. The van der Waals surface area contributed by atoms with Gasteiger partial charge in [-0.2, -0.15) is 5.10 Å². The summed E-state index contributed by atoms with van der Waals surface area (Å²) in [5, 5.41) is 14.7. The van der Waals surface area contributed by atoms with Crippen LogP contribution < -0.4 is 4.74 Å². The first-order valence-electron chi connectivity index (χ1n) is 8.15. The predicted octanol–water partition coefficient (Wildman–Crippen LogP) is 3.59. The van der Waals surface area contributed by atoms with Gasteiger partial charge in [0, 0.05) is 17.6 Å². The molecule has 138 valence electrons. The maximum atomic E-state index is 9.62. The Bertz CT molecular complexity index is 917. The topological polar surface area (TPSA) is 86.2 Å². The van der Waals surface area contributed by atoms with Crippen LogP contribution in [0.1, 0.15) is 19.6 Å². The van der Waals surface area contributed by atoms with Crippen LogP contribution in [-0.2, 0) is 6.54 Å². The highest BCUT2D eigenvalue weighted by Crippen LogP contribution is 2.31. The molecule has 2 heterocycles. The zero-order chi connectivity index (χ0) is 18.9. The van der Waals surface area contributed by atoms with Crippen LogP contribution in [0.5, 0.6) is 5.75 Å². The maximum Gasteiger partial charge on any atom is 0.181 e. The fraction of sp³-hybridized carbons (Fsp3) is 0.389. The Morgan fingerprint density at radius 2 is 2.12 bits per heavy atom. The van der Waals surface area contributed by atoms with E-state index >= 15 is 0 Å². The van der Waals surface area contributed by atoms with E-state index in [1.807, 2.05) is 26.8 Å². The number of aliphatic hydroxyl groups is 1. The van der Waals surface area contributed by atoms with Crippen LogP contribution in [0.4, 0.5) is 0 Å². The second-order valence-electron chi connectivity index (χ2n) is 6.85. The van der Waals surface area contributed by atoms with Gasteiger partial charge in [-0.15, -0.1) is 0 Å². The first-order valence-corrected chi connectivity index (χ1v) is 8.52. The lowest BCUT2D eigenvalue weighted by molar-refractivity contribution is 0.137. The third-order valence-electron chi connectivity index (χ3n) is 4.04. The molecule has 1 aromatic carbocycles. The Labute approximate surface area is 156 Å². The van der Waals surface area contributed by atoms with Crippen LogP contribution in [0.3, 0.4) is 0 Å². The molecular formula is C18H21ClN4O3. The molecule has 0 aliphatic heterocycles. The third kappa shape index (κ3) is 3.59. The summed E-state index contributed by atoms with van der Waals surface area (Å²) >= 11 is 6.23. The first-order chi connectivity index (χ1) is 12.3. The molecule has 2 aromatic heterocycles. The number of oxazole rings is 1. The van der Waals surface area contributed by atoms with Gasteiger partial charge in [-0.3, -0.25) is 0 Å². The average molecular weight is 377 g/mol. The molecule has 26 heavy (non-hydrogen) atoms. The van der Waals surface area contributed by atoms with Crippen molar-refractivity contribution in [3.63, 3.8) is 0 Å². The number of aromatic nitrogens is 4. The molecule has 0 aliphatic rings. The van der Waals surface area contributed by atoms with E-state index in [9.17, 15) is 5.11 Å². The number of rotatable bonds is 6. The average Bonchev–Trinajstić information content (AvgIpc) is 3.20. The van der Waals surface area contributed by atoms with E-state index in [4.69, 9.17) is 20.8 Å². The summed E-state index contributed by atoms with van der Waals surface area (Å²) in [5.74, 6) is 2.34. The quantitative estimate of drug-likeness (QED) is 0.707. The van der Waals surface area contributed by atoms with Crippen molar-refractivity contribution >= 4 is 11.6 Å². The molecule has 0 unspecified atom stereocenters. The van der Waals surface area contributed by atoms with Crippen molar-refractivity contribution in [3.8, 4) is 28.7 Å². The minimum Gasteiger partial charge on any atom is -0.495 e. The molecule has 3 rings (SSSR count). The molecule has 0 radical (unpaired) electrons. The minimum absolute atomic E-state index is 0.0216. The summed E-state index contributed by atoms with van der Waals surface area (Å²) in [7, 11) is 1.57. The molecule has 3 aromatic rings. The number of hydrogen-bond donors (Lipinski definition) is 1. The van der Waals surface area contributed by atoms with E-state index in [0.717, 1.165) is 5.56 Å². The van der Waals surface area contributed by atoms with Gasteiger partial charge in [0.15, 0.2) is 18.0 Å². The molecule has 0 spiro atoms. The Balaban J connectivity index is 2.09. The molecule has 0 bridgehead atoms. The largest absolute Gasteiger partial charge is 0.495 e. The first kappa shape index (κ1) is 18.4. The predicted molar refractivity (Wildman–Crippen MR) is 98.1 cm³/mol. The summed E-state index contributed by atoms with van der Waals surface area (Å²) < 4.78 is 12.3. The van der Waals surface area contributed by atoms with E-state index < -0.39 is 0 Å². The normalized spacial score (nSPS) is 11.8. The van der Waals surface area contributed by atoms with Crippen molar-refractivity contribution in [2.45, 2.75) is 27.3 Å². The molecule has 7 nitrogen and oxygen atoms in total. The van der Waals surface area contributed by atoms with E-state index in [1.54, 1.807) is 23.9 Å². The van der Waals surface area contributed by atoms with Gasteiger partial charge in [0.05, 0.1) is 18.7 Å². The van der Waals surface area contributed by atoms with Gasteiger partial charge in [0.1, 0.15) is 17.2 Å². The van der Waals surface area contributed by atoms with Gasteiger partial charge in [0.25, 0.3) is 0 Å². The van der Waals surface area contributed by atoms with Crippen molar-refractivity contribution in [1.29, 1.82) is 0 Å². The van der Waals surface area contributed by atoms with Crippen LogP contribution in [0.2, 0.25) is 5.02 Å². The Morgan fingerprint density at radius 3 is 2.69 bits per heavy atom. The van der Waals surface area contributed by atoms with Gasteiger partial charge < -0.3 is 14.3 Å². The minimum atomic E-state index is -0.366. The van der Waals surface area contributed by atoms with E-state index in [1.165, 1.54) is 6.39 Å². The van der Waals surface area contributed by atoms with Crippen LogP contribution in [0.15, 0.2) is 29.0 Å². The van der Waals surface area contributed by atoms with Crippen molar-refractivity contribution in [2.75, 3.05) is 13.7 Å². The van der Waals surface area contributed by atoms with Crippen molar-refractivity contribution in [1.82, 2.24) is 19.7 Å². The van der Waals surface area contributed by atoms with Crippen molar-refractivity contribution in [2.24, 2.45) is 5.41 Å². The highest BCUT2D eigenvalue weighted by molar-refractivity contribution is 6.32. The maximum absolute atomic E-state index is 9.62. The molecule has 0 saturated heterocycles. The lowest BCUT2D eigenvalue weighted by atomic mass is 9.95. The third-order valence-corrected chi connectivity index (χ3v) is 4.34. The molecule has 0 fully saturated rings. The van der Waals surface area contributed by atoms with Crippen LogP contribution in [0.25, 0.3) is 22.9 Å². The lowest BCUT2D eigenvalue weighted by Crippen LogP contribution is -2.25. The molecular weight excluding hydrogens is 356 g/mol. The summed E-state index contributed by atoms with van der Waals surface area (Å²) in [6, 6.07) is 5.38. The lowest BCUT2D eigenvalue weighted by Gasteiger charge is -2.21. The Hall–Kier alpha value is -2.38. The number of aryl methyl sites for hydroxylation is 1. The number of methoxy groups -OCH3 is 1. The second kappa shape index (κ2) is 7.09. The fourth-order valence-electron chi connectivity index (χ4n) is 2.53. The van der Waals surface area contributed by atoms with Gasteiger partial charge in [-0.05, 0) is 25.1 Å². The summed E-state index contributed by atoms with van der Waals surface area (Å²) in [6.45, 7) is 6.23. The second-order valence-corrected chi connectivity index (χ2v) is 7.25. The molecule has 1 N–H and O–H groups in total. The van der Waals surface area contributed by atoms with Crippen molar-refractivity contribution in [3.05, 3.63) is 35.4 Å². The van der Waals surface area contributed by atoms with Gasteiger partial charge in [-0.25, -0.2) is 14.6 Å². The van der Waals surface area contributed by atoms with E-state index in [-0.39, 0.29) is 12.0 Å². The van der Waals surface area contributed by atoms with Crippen molar-refractivity contribution < 1.29 is 14.3 Å². The molecule has 0 aliphatic carbocycles. The Kier molecular flexibility index (Phi) is 5.02. The number of nitrogens with zero attached hydrogens (tertiary/aromatic N) is 4. The zero-order valence-electron chi connectivity index (χ0n) is 15.2. The molecule has 8 heteroatoms. The number of benzene rings is 1. The monoisotopic (exact) mass is 376 g/mol. The fourth-order valence-corrected chi connectivity index (χ4v) is 2.79. The van der Waals surface area contributed by atoms with Crippen LogP contribution in [-0.4, -0.2) is 38.6 Å². The molecule has 0 amide bonds. The summed E-state index contributed by atoms with van der Waals surface area (Å²) in [5.41, 5.74) is 1.02. The summed E-state index contributed by atoms with van der Waals surface area (Å²) in [4.78, 5) is 8.90. The van der Waals surface area contributed by atoms with E-state index in [2.05, 4.69) is 15.1 Å².